The van der Waals surface area contributed by atoms with Crippen molar-refractivity contribution < 1.29 is 9.53 Å². The SMILES string of the molecule is CCOC(=O)CSCc1cn2cc(Cl)ccc2n1.ClCc1cn2cc(Cl)ccc2n1. The summed E-state index contributed by atoms with van der Waals surface area (Å²) in [6.07, 6.45) is 7.40. The second-order valence-corrected chi connectivity index (χ2v) is 8.25. The van der Waals surface area contributed by atoms with Crippen LogP contribution in [0.25, 0.3) is 11.3 Å². The smallest absolute Gasteiger partial charge is 0.315 e. The number of nitrogens with zero attached hydrogens (tertiary/aromatic N) is 4. The van der Waals surface area contributed by atoms with Crippen LogP contribution in [-0.2, 0) is 21.2 Å². The van der Waals surface area contributed by atoms with E-state index in [1.165, 1.54) is 11.8 Å². The highest BCUT2D eigenvalue weighted by Gasteiger charge is 2.05. The molecule has 0 aliphatic heterocycles. The summed E-state index contributed by atoms with van der Waals surface area (Å²) >= 11 is 18.8. The number of fused-ring (bicyclic) bond motifs is 2. The monoisotopic (exact) mass is 484 g/mol. The maximum Gasteiger partial charge on any atom is 0.315 e. The Balaban J connectivity index is 0.000000184. The minimum Gasteiger partial charge on any atom is -0.465 e. The van der Waals surface area contributed by atoms with Gasteiger partial charge < -0.3 is 13.5 Å². The molecule has 0 radical (unpaired) electrons. The number of ether oxygens (including phenoxy) is 1. The molecule has 6 nitrogen and oxygen atoms in total. The third-order valence-corrected chi connectivity index (χ3v) is 5.50. The van der Waals surface area contributed by atoms with Gasteiger partial charge in [0.15, 0.2) is 0 Å². The second kappa shape index (κ2) is 10.9. The summed E-state index contributed by atoms with van der Waals surface area (Å²) in [4.78, 5) is 19.8. The van der Waals surface area contributed by atoms with Crippen molar-refractivity contribution in [3.05, 3.63) is 70.5 Å². The summed E-state index contributed by atoms with van der Waals surface area (Å²) in [6, 6.07) is 7.33. The number of imidazole rings is 2. The first-order chi connectivity index (χ1) is 14.5. The number of hydrogen-bond acceptors (Lipinski definition) is 5. The molecule has 0 aliphatic rings. The summed E-state index contributed by atoms with van der Waals surface area (Å²) in [7, 11) is 0. The molecule has 4 heterocycles. The maximum absolute atomic E-state index is 11.2. The van der Waals surface area contributed by atoms with E-state index in [0.29, 0.717) is 34.0 Å². The number of halogens is 3. The number of esters is 1. The number of aromatic nitrogens is 4. The van der Waals surface area contributed by atoms with E-state index in [1.807, 2.05) is 45.6 Å². The molecule has 0 aromatic carbocycles. The third kappa shape index (κ3) is 6.28. The van der Waals surface area contributed by atoms with Crippen LogP contribution in [0.5, 0.6) is 0 Å². The zero-order valence-corrected chi connectivity index (χ0v) is 19.2. The van der Waals surface area contributed by atoms with E-state index in [1.54, 1.807) is 19.2 Å². The van der Waals surface area contributed by atoms with E-state index < -0.39 is 0 Å². The van der Waals surface area contributed by atoms with Crippen LogP contribution in [0.15, 0.2) is 49.1 Å². The van der Waals surface area contributed by atoms with Gasteiger partial charge >= 0.3 is 5.97 Å². The Morgan fingerprint density at radius 1 is 0.967 bits per heavy atom. The zero-order valence-electron chi connectivity index (χ0n) is 16.1. The minimum absolute atomic E-state index is 0.186. The quantitative estimate of drug-likeness (QED) is 0.266. The summed E-state index contributed by atoms with van der Waals surface area (Å²) in [5.41, 5.74) is 3.51. The van der Waals surface area contributed by atoms with Crippen molar-refractivity contribution >= 4 is 63.8 Å². The molecule has 0 N–H and O–H groups in total. The van der Waals surface area contributed by atoms with E-state index in [4.69, 9.17) is 39.5 Å². The van der Waals surface area contributed by atoms with Crippen LogP contribution in [0.1, 0.15) is 18.3 Å². The van der Waals surface area contributed by atoms with Crippen molar-refractivity contribution in [1.82, 2.24) is 18.8 Å². The van der Waals surface area contributed by atoms with E-state index in [0.717, 1.165) is 22.7 Å². The van der Waals surface area contributed by atoms with Gasteiger partial charge in [0.1, 0.15) is 11.3 Å². The summed E-state index contributed by atoms with van der Waals surface area (Å²) in [6.45, 7) is 2.22. The minimum atomic E-state index is -0.186. The lowest BCUT2D eigenvalue weighted by molar-refractivity contribution is -0.139. The van der Waals surface area contributed by atoms with E-state index in [2.05, 4.69) is 9.97 Å². The van der Waals surface area contributed by atoms with Crippen LogP contribution in [0, 0.1) is 0 Å². The fraction of sp³-hybridized carbons (Fsp3) is 0.250. The molecule has 30 heavy (non-hydrogen) atoms. The number of pyridine rings is 2. The number of thioether (sulfide) groups is 1. The Kier molecular flexibility index (Phi) is 8.27. The standard InChI is InChI=1S/C12H13ClN2O2S.C8H6Cl2N2/c1-2-17-12(16)8-18-7-10-6-15-5-9(13)3-4-11(15)14-10;9-3-7-5-12-4-6(10)1-2-8(12)11-7/h3-6H,2,7-8H2,1H3;1-2,4-5H,3H2. The predicted molar refractivity (Wildman–Crippen MR) is 123 cm³/mol. The largest absolute Gasteiger partial charge is 0.465 e. The molecule has 0 bridgehead atoms. The lowest BCUT2D eigenvalue weighted by Gasteiger charge is -1.99. The fourth-order valence-corrected chi connectivity index (χ4v) is 3.78. The maximum atomic E-state index is 11.2. The Labute approximate surface area is 193 Å². The first kappa shape index (κ1) is 22.7. The van der Waals surface area contributed by atoms with Crippen LogP contribution in [-0.4, -0.2) is 37.1 Å². The fourth-order valence-electron chi connectivity index (χ4n) is 2.61. The van der Waals surface area contributed by atoms with Gasteiger partial charge in [-0.15, -0.1) is 23.4 Å². The van der Waals surface area contributed by atoms with Crippen LogP contribution in [0.3, 0.4) is 0 Å². The zero-order chi connectivity index (χ0) is 21.5. The highest BCUT2D eigenvalue weighted by atomic mass is 35.5. The molecule has 0 aliphatic carbocycles. The third-order valence-electron chi connectivity index (χ3n) is 3.84. The van der Waals surface area contributed by atoms with Gasteiger partial charge in [-0.3, -0.25) is 4.79 Å². The molecule has 4 rings (SSSR count). The second-order valence-electron chi connectivity index (χ2n) is 6.12. The number of rotatable bonds is 6. The predicted octanol–water partition coefficient (Wildman–Crippen LogP) is 5.51. The van der Waals surface area contributed by atoms with Crippen molar-refractivity contribution in [3.8, 4) is 0 Å². The Morgan fingerprint density at radius 3 is 2.10 bits per heavy atom. The van der Waals surface area contributed by atoms with E-state index >= 15 is 0 Å². The first-order valence-corrected chi connectivity index (χ1v) is 11.5. The molecule has 0 unspecified atom stereocenters. The van der Waals surface area contributed by atoms with Gasteiger partial charge in [0.05, 0.1) is 39.7 Å². The Morgan fingerprint density at radius 2 is 1.53 bits per heavy atom. The summed E-state index contributed by atoms with van der Waals surface area (Å²) in [5, 5.41) is 1.37. The molecule has 10 heteroatoms. The Bertz CT molecular complexity index is 1150. The highest BCUT2D eigenvalue weighted by molar-refractivity contribution is 7.99. The van der Waals surface area contributed by atoms with Gasteiger partial charge in [-0.1, -0.05) is 23.2 Å². The first-order valence-electron chi connectivity index (χ1n) is 9.04. The summed E-state index contributed by atoms with van der Waals surface area (Å²) < 4.78 is 8.59. The molecule has 0 saturated carbocycles. The number of alkyl halides is 1. The topological polar surface area (TPSA) is 60.9 Å². The van der Waals surface area contributed by atoms with Gasteiger partial charge in [0.2, 0.25) is 0 Å². The number of hydrogen-bond donors (Lipinski definition) is 0. The van der Waals surface area contributed by atoms with E-state index in [-0.39, 0.29) is 5.97 Å². The van der Waals surface area contributed by atoms with Gasteiger partial charge in [0.25, 0.3) is 0 Å². The van der Waals surface area contributed by atoms with Crippen molar-refractivity contribution in [2.45, 2.75) is 18.6 Å². The molecule has 0 spiro atoms. The van der Waals surface area contributed by atoms with E-state index in [9.17, 15) is 4.79 Å². The normalized spacial score (nSPS) is 10.8. The molecule has 4 aromatic heterocycles. The van der Waals surface area contributed by atoms with Crippen LogP contribution in [0.4, 0.5) is 0 Å². The van der Waals surface area contributed by atoms with Crippen molar-refractivity contribution in [2.75, 3.05) is 12.4 Å². The molecular formula is C20H19Cl3N4O2S. The van der Waals surface area contributed by atoms with Crippen molar-refractivity contribution in [1.29, 1.82) is 0 Å². The molecule has 0 atom stereocenters. The van der Waals surface area contributed by atoms with Crippen LogP contribution in [0.2, 0.25) is 10.0 Å². The number of carbonyl (C=O) groups is 1. The Hall–Kier alpha value is -1.93. The van der Waals surface area contributed by atoms with Crippen LogP contribution < -0.4 is 0 Å². The average Bonchev–Trinajstić information content (AvgIpc) is 3.31. The van der Waals surface area contributed by atoms with Crippen molar-refractivity contribution in [2.24, 2.45) is 0 Å². The molecule has 0 saturated heterocycles. The molecule has 0 amide bonds. The molecule has 0 fully saturated rings. The van der Waals surface area contributed by atoms with Gasteiger partial charge in [-0.2, -0.15) is 0 Å². The van der Waals surface area contributed by atoms with Gasteiger partial charge in [-0.05, 0) is 31.2 Å². The highest BCUT2D eigenvalue weighted by Crippen LogP contribution is 2.16. The lowest BCUT2D eigenvalue weighted by Crippen LogP contribution is -2.06. The average molecular weight is 486 g/mol. The van der Waals surface area contributed by atoms with Crippen LogP contribution >= 0.6 is 46.6 Å². The molecule has 158 valence electrons. The van der Waals surface area contributed by atoms with Crippen molar-refractivity contribution in [3.63, 3.8) is 0 Å². The van der Waals surface area contributed by atoms with Gasteiger partial charge in [-0.25, -0.2) is 9.97 Å². The van der Waals surface area contributed by atoms with Gasteiger partial charge in [0, 0.05) is 30.5 Å². The lowest BCUT2D eigenvalue weighted by atomic mass is 10.5. The molecular weight excluding hydrogens is 467 g/mol. The summed E-state index contributed by atoms with van der Waals surface area (Å²) in [5.74, 6) is 1.27. The number of carbonyl (C=O) groups excluding carboxylic acids is 1. The molecule has 4 aromatic rings.